The molecule has 0 heterocycles. The summed E-state index contributed by atoms with van der Waals surface area (Å²) in [6.45, 7) is 0. The minimum absolute atomic E-state index is 0.00338. The second-order valence-electron chi connectivity index (χ2n) is 10.9. The van der Waals surface area contributed by atoms with Gasteiger partial charge in [-0.25, -0.2) is 0 Å². The summed E-state index contributed by atoms with van der Waals surface area (Å²) < 4.78 is 39.3. The molecule has 12 heteroatoms. The van der Waals surface area contributed by atoms with Crippen LogP contribution in [0, 0.1) is 23.7 Å². The van der Waals surface area contributed by atoms with E-state index in [2.05, 4.69) is 0 Å². The number of phenols is 1. The molecule has 210 valence electrons. The van der Waals surface area contributed by atoms with Crippen LogP contribution in [0.25, 0.3) is 11.1 Å². The largest absolute Gasteiger partial charge is 0.507 e. The van der Waals surface area contributed by atoms with Gasteiger partial charge in [0.2, 0.25) is 5.91 Å². The zero-order valence-electron chi connectivity index (χ0n) is 21.4. The monoisotopic (exact) mass is 558 g/mol. The van der Waals surface area contributed by atoms with E-state index >= 15 is 0 Å². The molecule has 2 aromatic carbocycles. The summed E-state index contributed by atoms with van der Waals surface area (Å²) >= 11 is 0. The normalized spacial score (nSPS) is 30.1. The first-order valence-electron chi connectivity index (χ1n) is 12.5. The summed E-state index contributed by atoms with van der Waals surface area (Å²) in [5.74, 6) is -11.8. The van der Waals surface area contributed by atoms with Crippen molar-refractivity contribution in [1.29, 1.82) is 0 Å². The predicted molar refractivity (Wildman–Crippen MR) is 132 cm³/mol. The Bertz CT molecular complexity index is 1480. The fourth-order valence-corrected chi connectivity index (χ4v) is 6.71. The van der Waals surface area contributed by atoms with Crippen LogP contribution in [0.1, 0.15) is 27.9 Å². The van der Waals surface area contributed by atoms with Gasteiger partial charge in [-0.1, -0.05) is 18.2 Å². The van der Waals surface area contributed by atoms with Gasteiger partial charge < -0.3 is 15.9 Å². The van der Waals surface area contributed by atoms with E-state index in [4.69, 9.17) is 5.73 Å². The fraction of sp³-hybridized carbons (Fsp3) is 0.393. The van der Waals surface area contributed by atoms with E-state index in [1.807, 2.05) is 0 Å². The number of nitrogens with two attached hydrogens (primary N) is 1. The van der Waals surface area contributed by atoms with Crippen LogP contribution >= 0.6 is 0 Å². The van der Waals surface area contributed by atoms with E-state index in [-0.39, 0.29) is 18.4 Å². The lowest BCUT2D eigenvalue weighted by atomic mass is 9.52. The Morgan fingerprint density at radius 1 is 1.02 bits per heavy atom. The summed E-state index contributed by atoms with van der Waals surface area (Å²) in [6.07, 6.45) is -4.69. The smallest absolute Gasteiger partial charge is 0.416 e. The molecule has 0 aliphatic heterocycles. The number of Topliss-reactive ketones (excluding diaryl/α,β-unsaturated/α-hetero) is 4. The van der Waals surface area contributed by atoms with E-state index in [0.29, 0.717) is 16.7 Å². The van der Waals surface area contributed by atoms with E-state index in [9.17, 15) is 47.4 Å². The number of likely N-dealkylation sites (N-methyl/N-ethyl adjacent to an activating group) is 1. The number of hydrogen-bond acceptors (Lipinski definition) is 8. The molecule has 1 amide bonds. The summed E-state index contributed by atoms with van der Waals surface area (Å²) in [6, 6.07) is 5.66. The second-order valence-corrected chi connectivity index (χ2v) is 10.9. The molecule has 2 saturated carbocycles. The van der Waals surface area contributed by atoms with Gasteiger partial charge in [0.25, 0.3) is 0 Å². The van der Waals surface area contributed by atoms with Gasteiger partial charge in [-0.2, -0.15) is 13.2 Å². The standard InChI is InChI=1S/C28H25F3N2O7/c1-33(2)21-16-10-12-9-15-14(11-3-5-13(6-4-11)28(29,30)31)7-8-17(34)19(15)22(35)18(12)24(37)27(16,40)25(38)20(23(21)36)26(32)39/h3-8,12,16,18,20-21,34,40H,9-10H2,1-2H3,(H2,32,39)/t12?,16?,18?,20?,21-,27-/m0/s1. The lowest BCUT2D eigenvalue weighted by Crippen LogP contribution is -2.74. The number of phenolic OH excluding ortho intramolecular Hbond substituents is 1. The fourth-order valence-electron chi connectivity index (χ4n) is 6.71. The Hall–Kier alpha value is -3.90. The number of aliphatic hydroxyl groups is 1. The van der Waals surface area contributed by atoms with Crippen molar-refractivity contribution in [3.8, 4) is 16.9 Å². The molecule has 3 aliphatic rings. The molecule has 0 spiro atoms. The first-order chi connectivity index (χ1) is 18.6. The average molecular weight is 559 g/mol. The van der Waals surface area contributed by atoms with Gasteiger partial charge in [0.1, 0.15) is 5.75 Å². The van der Waals surface area contributed by atoms with Crippen molar-refractivity contribution in [1.82, 2.24) is 4.90 Å². The number of primary amides is 1. The van der Waals surface area contributed by atoms with Gasteiger partial charge in [0, 0.05) is 5.92 Å². The number of hydrogen-bond donors (Lipinski definition) is 3. The van der Waals surface area contributed by atoms with Gasteiger partial charge in [0.15, 0.2) is 34.7 Å². The van der Waals surface area contributed by atoms with E-state index in [0.717, 1.165) is 12.1 Å². The Labute approximate surface area is 225 Å². The molecule has 0 saturated heterocycles. The summed E-state index contributed by atoms with van der Waals surface area (Å²) in [5, 5.41) is 22.2. The van der Waals surface area contributed by atoms with Crippen LogP contribution in [0.4, 0.5) is 13.2 Å². The first kappa shape index (κ1) is 27.7. The number of fused-ring (bicyclic) bond motifs is 3. The molecular formula is C28H25F3N2O7. The summed E-state index contributed by atoms with van der Waals surface area (Å²) in [5.41, 5.74) is 2.38. The molecule has 2 aromatic rings. The quantitative estimate of drug-likeness (QED) is 0.480. The number of ketones is 4. The number of amides is 1. The molecule has 9 nitrogen and oxygen atoms in total. The van der Waals surface area contributed by atoms with Crippen LogP contribution < -0.4 is 5.73 Å². The lowest BCUT2D eigenvalue weighted by molar-refractivity contribution is -0.181. The van der Waals surface area contributed by atoms with Crippen LogP contribution in [0.15, 0.2) is 36.4 Å². The molecule has 4 unspecified atom stereocenters. The molecule has 6 atom stereocenters. The first-order valence-corrected chi connectivity index (χ1v) is 12.5. The highest BCUT2D eigenvalue weighted by Gasteiger charge is 2.69. The minimum atomic E-state index is -4.55. The van der Waals surface area contributed by atoms with Gasteiger partial charge in [0.05, 0.1) is 23.1 Å². The van der Waals surface area contributed by atoms with Crippen molar-refractivity contribution in [2.75, 3.05) is 14.1 Å². The molecule has 0 radical (unpaired) electrons. The highest BCUT2D eigenvalue weighted by atomic mass is 19.4. The highest BCUT2D eigenvalue weighted by molar-refractivity contribution is 6.32. The Kier molecular flexibility index (Phi) is 6.27. The van der Waals surface area contributed by atoms with Crippen molar-refractivity contribution >= 4 is 29.0 Å². The maximum absolute atomic E-state index is 13.8. The third-order valence-corrected chi connectivity index (χ3v) is 8.47. The zero-order chi connectivity index (χ0) is 29.5. The van der Waals surface area contributed by atoms with Crippen LogP contribution in [-0.4, -0.2) is 69.9 Å². The average Bonchev–Trinajstić information content (AvgIpc) is 2.85. The van der Waals surface area contributed by atoms with E-state index in [1.54, 1.807) is 0 Å². The number of aromatic hydroxyl groups is 1. The van der Waals surface area contributed by atoms with Crippen LogP contribution in [0.5, 0.6) is 5.75 Å². The van der Waals surface area contributed by atoms with Crippen molar-refractivity contribution in [2.24, 2.45) is 29.4 Å². The highest BCUT2D eigenvalue weighted by Crippen LogP contribution is 2.51. The Morgan fingerprint density at radius 2 is 1.65 bits per heavy atom. The van der Waals surface area contributed by atoms with Gasteiger partial charge in [-0.15, -0.1) is 0 Å². The molecular weight excluding hydrogens is 533 g/mol. The number of rotatable bonds is 3. The third-order valence-electron chi connectivity index (χ3n) is 8.47. The van der Waals surface area contributed by atoms with Crippen molar-refractivity contribution in [2.45, 2.75) is 30.7 Å². The molecule has 40 heavy (non-hydrogen) atoms. The topological polar surface area (TPSA) is 155 Å². The maximum Gasteiger partial charge on any atom is 0.416 e. The van der Waals surface area contributed by atoms with Crippen LogP contribution in [0.3, 0.4) is 0 Å². The third kappa shape index (κ3) is 3.80. The molecule has 3 aliphatic carbocycles. The summed E-state index contributed by atoms with van der Waals surface area (Å²) in [7, 11) is 2.96. The second kappa shape index (κ2) is 9.07. The molecule has 0 aromatic heterocycles. The zero-order valence-corrected chi connectivity index (χ0v) is 21.4. The van der Waals surface area contributed by atoms with Crippen molar-refractivity contribution in [3.05, 3.63) is 53.1 Å². The summed E-state index contributed by atoms with van der Waals surface area (Å²) in [4.78, 5) is 67.5. The number of benzene rings is 2. The van der Waals surface area contributed by atoms with Crippen LogP contribution in [-0.2, 0) is 31.8 Å². The van der Waals surface area contributed by atoms with Gasteiger partial charge in [-0.05, 0) is 67.7 Å². The van der Waals surface area contributed by atoms with Gasteiger partial charge in [-0.3, -0.25) is 28.9 Å². The number of alkyl halides is 3. The van der Waals surface area contributed by atoms with Crippen molar-refractivity contribution < 1.29 is 47.4 Å². The SMILES string of the molecule is CN(C)[C@@H]1C(=O)C(C(N)=O)C(=O)[C@@]2(O)C(=O)C3C(=O)c4c(O)ccc(-c5ccc(C(F)(F)F)cc5)c4CC3CC12. The van der Waals surface area contributed by atoms with E-state index in [1.165, 1.54) is 43.3 Å². The molecule has 2 fully saturated rings. The van der Waals surface area contributed by atoms with E-state index < -0.39 is 81.8 Å². The molecule has 0 bridgehead atoms. The van der Waals surface area contributed by atoms with Crippen LogP contribution in [0.2, 0.25) is 0 Å². The predicted octanol–water partition coefficient (Wildman–Crippen LogP) is 1.55. The molecule has 4 N–H and O–H groups in total. The minimum Gasteiger partial charge on any atom is -0.507 e. The molecule has 5 rings (SSSR count). The lowest BCUT2D eigenvalue weighted by Gasteiger charge is -2.52. The number of carbonyl (C=O) groups excluding carboxylic acids is 5. The number of carbonyl (C=O) groups is 5. The maximum atomic E-state index is 13.8. The van der Waals surface area contributed by atoms with Crippen molar-refractivity contribution in [3.63, 3.8) is 0 Å². The number of halogens is 3. The number of nitrogens with zero attached hydrogens (tertiary/aromatic N) is 1. The Morgan fingerprint density at radius 3 is 2.20 bits per heavy atom. The van der Waals surface area contributed by atoms with Gasteiger partial charge >= 0.3 is 6.18 Å². The Balaban J connectivity index is 1.63.